The summed E-state index contributed by atoms with van der Waals surface area (Å²) >= 11 is 5.82. The Kier molecular flexibility index (Phi) is 7.62. The number of amides is 1. The monoisotopic (exact) mass is 386 g/mol. The van der Waals surface area contributed by atoms with Crippen LogP contribution in [-0.4, -0.2) is 47.3 Å². The van der Waals surface area contributed by atoms with Crippen molar-refractivity contribution in [1.82, 2.24) is 15.3 Å². The highest BCUT2D eigenvalue weighted by molar-refractivity contribution is 6.28. The number of hydrogen-bond acceptors (Lipinski definition) is 7. The molecule has 0 unspecified atom stereocenters. The van der Waals surface area contributed by atoms with Gasteiger partial charge in [-0.3, -0.25) is 0 Å². The summed E-state index contributed by atoms with van der Waals surface area (Å²) in [4.78, 5) is 31.7. The van der Waals surface area contributed by atoms with Crippen molar-refractivity contribution in [2.45, 2.75) is 47.1 Å². The van der Waals surface area contributed by atoms with Crippen LogP contribution in [0.5, 0.6) is 0 Å². The molecule has 2 N–H and O–H groups in total. The lowest BCUT2D eigenvalue weighted by Crippen LogP contribution is -2.40. The van der Waals surface area contributed by atoms with Gasteiger partial charge < -0.3 is 20.1 Å². The van der Waals surface area contributed by atoms with Crippen molar-refractivity contribution in [2.24, 2.45) is 5.41 Å². The van der Waals surface area contributed by atoms with Gasteiger partial charge >= 0.3 is 12.1 Å². The summed E-state index contributed by atoms with van der Waals surface area (Å²) in [6.07, 6.45) is 0.838. The van der Waals surface area contributed by atoms with E-state index in [-0.39, 0.29) is 28.7 Å². The summed E-state index contributed by atoms with van der Waals surface area (Å²) in [6, 6.07) is 0. The van der Waals surface area contributed by atoms with E-state index >= 15 is 0 Å². The van der Waals surface area contributed by atoms with Crippen LogP contribution >= 0.6 is 11.6 Å². The molecule has 0 saturated heterocycles. The standard InChI is InChI=1S/C17H27ClN4O4/c1-7-25-13(23)11-8-19-14(18)22-12(11)20-9-17(5,6)10-21-15(24)26-16(2,3)4/h8H,7,9-10H2,1-6H3,(H,21,24)(H,19,20,22). The summed E-state index contributed by atoms with van der Waals surface area (Å²) < 4.78 is 10.2. The van der Waals surface area contributed by atoms with Gasteiger partial charge in [0.2, 0.25) is 5.28 Å². The van der Waals surface area contributed by atoms with Gasteiger partial charge in [0.25, 0.3) is 0 Å². The molecule has 1 heterocycles. The number of nitrogens with zero attached hydrogens (tertiary/aromatic N) is 2. The molecule has 0 aliphatic heterocycles. The zero-order valence-electron chi connectivity index (χ0n) is 16.1. The number of anilines is 1. The SMILES string of the molecule is CCOC(=O)c1cnc(Cl)nc1NCC(C)(C)CNC(=O)OC(C)(C)C. The van der Waals surface area contributed by atoms with Crippen LogP contribution in [0.1, 0.15) is 51.9 Å². The van der Waals surface area contributed by atoms with E-state index in [0.29, 0.717) is 13.1 Å². The maximum atomic E-state index is 12.0. The molecule has 0 saturated carbocycles. The highest BCUT2D eigenvalue weighted by Crippen LogP contribution is 2.20. The largest absolute Gasteiger partial charge is 0.462 e. The maximum Gasteiger partial charge on any atom is 0.407 e. The number of hydrogen-bond donors (Lipinski definition) is 2. The van der Waals surface area contributed by atoms with Crippen molar-refractivity contribution >= 4 is 29.5 Å². The first kappa shape index (κ1) is 22.0. The predicted molar refractivity (Wildman–Crippen MR) is 99.5 cm³/mol. The molecule has 146 valence electrons. The predicted octanol–water partition coefficient (Wildman–Crippen LogP) is 3.27. The molecule has 0 aliphatic rings. The molecular weight excluding hydrogens is 360 g/mol. The van der Waals surface area contributed by atoms with Crippen LogP contribution in [0.3, 0.4) is 0 Å². The first-order valence-electron chi connectivity index (χ1n) is 8.34. The van der Waals surface area contributed by atoms with Gasteiger partial charge in [-0.1, -0.05) is 13.8 Å². The second-order valence-electron chi connectivity index (χ2n) is 7.49. The molecule has 1 rings (SSSR count). The molecule has 1 aromatic heterocycles. The average Bonchev–Trinajstić information content (AvgIpc) is 2.50. The molecule has 0 aliphatic carbocycles. The topological polar surface area (TPSA) is 102 Å². The highest BCUT2D eigenvalue weighted by atomic mass is 35.5. The Labute approximate surface area is 159 Å². The minimum absolute atomic E-state index is 0.0187. The number of nitrogens with one attached hydrogen (secondary N) is 2. The molecule has 0 bridgehead atoms. The smallest absolute Gasteiger partial charge is 0.407 e. The van der Waals surface area contributed by atoms with Crippen molar-refractivity contribution in [3.63, 3.8) is 0 Å². The fraction of sp³-hybridized carbons (Fsp3) is 0.647. The van der Waals surface area contributed by atoms with E-state index in [1.54, 1.807) is 27.7 Å². The third-order valence-electron chi connectivity index (χ3n) is 3.10. The van der Waals surface area contributed by atoms with Gasteiger partial charge in [0.1, 0.15) is 17.0 Å². The van der Waals surface area contributed by atoms with Crippen molar-refractivity contribution in [2.75, 3.05) is 25.0 Å². The summed E-state index contributed by atoms with van der Waals surface area (Å²) in [5.74, 6) is -0.245. The van der Waals surface area contributed by atoms with Gasteiger partial charge in [-0.05, 0) is 44.7 Å². The summed E-state index contributed by atoms with van der Waals surface area (Å²) in [5, 5.41) is 5.83. The number of carbonyl (C=O) groups excluding carboxylic acids is 2. The first-order chi connectivity index (χ1) is 11.9. The molecule has 1 amide bonds. The molecule has 0 aromatic carbocycles. The van der Waals surface area contributed by atoms with E-state index in [9.17, 15) is 9.59 Å². The van der Waals surface area contributed by atoms with Gasteiger partial charge in [0.05, 0.1) is 6.61 Å². The Hall–Kier alpha value is -2.09. The molecule has 1 aromatic rings. The normalized spacial score (nSPS) is 11.7. The summed E-state index contributed by atoms with van der Waals surface area (Å²) in [6.45, 7) is 12.0. The lowest BCUT2D eigenvalue weighted by Gasteiger charge is -2.27. The van der Waals surface area contributed by atoms with Crippen LogP contribution in [0.15, 0.2) is 6.20 Å². The van der Waals surface area contributed by atoms with Crippen molar-refractivity contribution in [3.05, 3.63) is 17.0 Å². The average molecular weight is 387 g/mol. The van der Waals surface area contributed by atoms with E-state index < -0.39 is 17.7 Å². The Bertz CT molecular complexity index is 644. The molecular formula is C17H27ClN4O4. The van der Waals surface area contributed by atoms with Crippen molar-refractivity contribution in [3.8, 4) is 0 Å². The Morgan fingerprint density at radius 2 is 1.85 bits per heavy atom. The maximum absolute atomic E-state index is 12.0. The van der Waals surface area contributed by atoms with E-state index in [1.807, 2.05) is 13.8 Å². The number of halogens is 1. The fourth-order valence-corrected chi connectivity index (χ4v) is 2.00. The van der Waals surface area contributed by atoms with Gasteiger partial charge in [0, 0.05) is 19.3 Å². The Morgan fingerprint density at radius 3 is 2.42 bits per heavy atom. The summed E-state index contributed by atoms with van der Waals surface area (Å²) in [5.41, 5.74) is -0.703. The molecule has 0 fully saturated rings. The minimum Gasteiger partial charge on any atom is -0.462 e. The molecule has 0 atom stereocenters. The summed E-state index contributed by atoms with van der Waals surface area (Å²) in [7, 11) is 0. The lowest BCUT2D eigenvalue weighted by atomic mass is 9.93. The van der Waals surface area contributed by atoms with Gasteiger partial charge in [0.15, 0.2) is 0 Å². The third-order valence-corrected chi connectivity index (χ3v) is 3.28. The number of aromatic nitrogens is 2. The number of esters is 1. The molecule has 0 radical (unpaired) electrons. The van der Waals surface area contributed by atoms with Crippen LogP contribution in [-0.2, 0) is 9.47 Å². The fourth-order valence-electron chi connectivity index (χ4n) is 1.86. The van der Waals surface area contributed by atoms with E-state index in [2.05, 4.69) is 20.6 Å². The third kappa shape index (κ3) is 7.86. The zero-order chi connectivity index (χ0) is 20.0. The minimum atomic E-state index is -0.557. The Morgan fingerprint density at radius 1 is 1.19 bits per heavy atom. The van der Waals surface area contributed by atoms with E-state index in [1.165, 1.54) is 6.20 Å². The van der Waals surface area contributed by atoms with Crippen molar-refractivity contribution < 1.29 is 19.1 Å². The molecule has 8 nitrogen and oxygen atoms in total. The molecule has 0 spiro atoms. The number of ether oxygens (including phenoxy) is 2. The van der Waals surface area contributed by atoms with Crippen LogP contribution in [0.25, 0.3) is 0 Å². The van der Waals surface area contributed by atoms with Crippen molar-refractivity contribution in [1.29, 1.82) is 0 Å². The zero-order valence-corrected chi connectivity index (χ0v) is 16.9. The van der Waals surface area contributed by atoms with Crippen LogP contribution in [0, 0.1) is 5.41 Å². The van der Waals surface area contributed by atoms with Crippen LogP contribution in [0.2, 0.25) is 5.28 Å². The number of rotatable bonds is 7. The van der Waals surface area contributed by atoms with Gasteiger partial charge in [-0.15, -0.1) is 0 Å². The number of carbonyl (C=O) groups is 2. The van der Waals surface area contributed by atoms with Crippen LogP contribution in [0.4, 0.5) is 10.6 Å². The van der Waals surface area contributed by atoms with E-state index in [4.69, 9.17) is 21.1 Å². The first-order valence-corrected chi connectivity index (χ1v) is 8.72. The molecule has 26 heavy (non-hydrogen) atoms. The highest BCUT2D eigenvalue weighted by Gasteiger charge is 2.23. The second-order valence-corrected chi connectivity index (χ2v) is 7.83. The number of alkyl carbamates (subject to hydrolysis) is 1. The second kappa shape index (κ2) is 9.02. The quantitative estimate of drug-likeness (QED) is 0.547. The van der Waals surface area contributed by atoms with Gasteiger partial charge in [-0.2, -0.15) is 4.98 Å². The molecule has 9 heteroatoms. The Balaban J connectivity index is 2.70. The van der Waals surface area contributed by atoms with E-state index in [0.717, 1.165) is 0 Å². The van der Waals surface area contributed by atoms with Gasteiger partial charge in [-0.25, -0.2) is 14.6 Å². The lowest BCUT2D eigenvalue weighted by molar-refractivity contribution is 0.0505. The van der Waals surface area contributed by atoms with Crippen LogP contribution < -0.4 is 10.6 Å².